The second kappa shape index (κ2) is 16.4. The van der Waals surface area contributed by atoms with Gasteiger partial charge >= 0.3 is 11.7 Å². The number of ketones is 1. The number of hydrogen-bond acceptors (Lipinski definition) is 10. The quantitative estimate of drug-likeness (QED) is 0.150. The second-order valence-corrected chi connectivity index (χ2v) is 14.5. The van der Waals surface area contributed by atoms with Crippen molar-refractivity contribution in [3.63, 3.8) is 0 Å². The lowest BCUT2D eigenvalue weighted by atomic mass is 9.84. The molecule has 3 aromatic rings. The van der Waals surface area contributed by atoms with Crippen LogP contribution in [0.25, 0.3) is 22.4 Å². The van der Waals surface area contributed by atoms with Crippen LogP contribution < -0.4 is 16.7 Å². The Morgan fingerprint density at radius 2 is 1.80 bits per heavy atom. The second-order valence-electron chi connectivity index (χ2n) is 14.5. The molecule has 5 rings (SSSR count). The molecule has 5 unspecified atom stereocenters. The van der Waals surface area contributed by atoms with Gasteiger partial charge in [-0.05, 0) is 49.1 Å². The van der Waals surface area contributed by atoms with Gasteiger partial charge in [-0.1, -0.05) is 78.1 Å². The molecule has 50 heavy (non-hydrogen) atoms. The van der Waals surface area contributed by atoms with Crippen LogP contribution in [0.4, 0.5) is 0 Å². The van der Waals surface area contributed by atoms with E-state index in [4.69, 9.17) is 19.6 Å². The van der Waals surface area contributed by atoms with Crippen LogP contribution in [0.5, 0.6) is 0 Å². The van der Waals surface area contributed by atoms with Gasteiger partial charge in [0.05, 0.1) is 18.0 Å². The highest BCUT2D eigenvalue weighted by Crippen LogP contribution is 2.35. The highest BCUT2D eigenvalue weighted by molar-refractivity contribution is 5.93. The lowest BCUT2D eigenvalue weighted by Gasteiger charge is -2.27. The van der Waals surface area contributed by atoms with Gasteiger partial charge in [0.15, 0.2) is 5.78 Å². The number of aliphatic hydroxyl groups excluding tert-OH is 1. The molecule has 1 aliphatic carbocycles. The van der Waals surface area contributed by atoms with Crippen molar-refractivity contribution in [3.05, 3.63) is 52.6 Å². The molecule has 1 saturated carbocycles. The lowest BCUT2D eigenvalue weighted by Crippen LogP contribution is -2.51. The third-order valence-corrected chi connectivity index (χ3v) is 10.2. The van der Waals surface area contributed by atoms with E-state index in [1.807, 2.05) is 32.0 Å². The number of ether oxygens (including phenoxy) is 2. The number of nitrogens with two attached hydrogens (primary N) is 1. The van der Waals surface area contributed by atoms with E-state index in [1.165, 1.54) is 23.0 Å². The number of Topliss-reactive ketones (excluding diaryl/α,β-unsaturated/α-hetero) is 1. The first-order valence-corrected chi connectivity index (χ1v) is 18.1. The van der Waals surface area contributed by atoms with Gasteiger partial charge in [-0.25, -0.2) is 9.59 Å². The molecule has 1 aliphatic heterocycles. The molecule has 4 N–H and O–H groups in total. The van der Waals surface area contributed by atoms with Gasteiger partial charge in [0.1, 0.15) is 30.2 Å². The Kier molecular flexibility index (Phi) is 12.3. The highest BCUT2D eigenvalue weighted by Gasteiger charge is 2.43. The van der Waals surface area contributed by atoms with Crippen LogP contribution in [0, 0.1) is 23.7 Å². The van der Waals surface area contributed by atoms with E-state index in [1.54, 1.807) is 20.0 Å². The van der Waals surface area contributed by atoms with Crippen molar-refractivity contribution in [2.75, 3.05) is 6.61 Å². The predicted octanol–water partition coefficient (Wildman–Crippen LogP) is 4.69. The van der Waals surface area contributed by atoms with Crippen molar-refractivity contribution in [1.29, 1.82) is 0 Å². The van der Waals surface area contributed by atoms with E-state index >= 15 is 0 Å². The van der Waals surface area contributed by atoms with E-state index in [-0.39, 0.29) is 35.7 Å². The number of unbranched alkanes of at least 4 members (excludes halogenated alkanes) is 2. The molecule has 2 aliphatic rings. The Morgan fingerprint density at radius 1 is 1.08 bits per heavy atom. The van der Waals surface area contributed by atoms with E-state index in [0.717, 1.165) is 24.8 Å². The number of benzene rings is 1. The van der Waals surface area contributed by atoms with Gasteiger partial charge < -0.3 is 30.0 Å². The maximum Gasteiger partial charge on any atom is 0.353 e. The Morgan fingerprint density at radius 3 is 2.46 bits per heavy atom. The molecule has 0 spiro atoms. The molecule has 7 atom stereocenters. The molecule has 12 heteroatoms. The average Bonchev–Trinajstić information content (AvgIpc) is 3.84. The fourth-order valence-corrected chi connectivity index (χ4v) is 7.02. The normalized spacial score (nSPS) is 23.4. The Labute approximate surface area is 293 Å². The zero-order chi connectivity index (χ0) is 36.1. The number of fused-ring (bicyclic) bond motifs is 1. The van der Waals surface area contributed by atoms with Crippen LogP contribution in [0.15, 0.2) is 45.7 Å². The first-order chi connectivity index (χ1) is 23.9. The topological polar surface area (TPSA) is 176 Å². The fraction of sp³-hybridized carbons (Fsp3) is 0.605. The summed E-state index contributed by atoms with van der Waals surface area (Å²) in [6.07, 6.45) is 5.39. The van der Waals surface area contributed by atoms with Crippen LogP contribution in [0.1, 0.15) is 91.4 Å². The van der Waals surface area contributed by atoms with Crippen LogP contribution in [0.2, 0.25) is 0 Å². The largest absolute Gasteiger partial charge is 0.458 e. The van der Waals surface area contributed by atoms with Crippen LogP contribution in [-0.2, 0) is 30.3 Å². The summed E-state index contributed by atoms with van der Waals surface area (Å²) in [6, 6.07) is 8.33. The summed E-state index contributed by atoms with van der Waals surface area (Å²) in [4.78, 5) is 57.3. The van der Waals surface area contributed by atoms with Crippen LogP contribution >= 0.6 is 0 Å². The average molecular weight is 693 g/mol. The van der Waals surface area contributed by atoms with E-state index < -0.39 is 60.6 Å². The number of nitrogens with one attached hydrogen (secondary N) is 1. The fourth-order valence-electron chi connectivity index (χ4n) is 7.02. The van der Waals surface area contributed by atoms with E-state index in [2.05, 4.69) is 29.4 Å². The Bertz CT molecular complexity index is 1700. The minimum Gasteiger partial charge on any atom is -0.458 e. The first-order valence-electron chi connectivity index (χ1n) is 18.1. The Balaban J connectivity index is 1.26. The molecule has 2 fully saturated rings. The molecule has 1 aromatic carbocycles. The summed E-state index contributed by atoms with van der Waals surface area (Å²) in [6.45, 7) is 9.06. The first kappa shape index (κ1) is 37.4. The van der Waals surface area contributed by atoms with Crippen molar-refractivity contribution < 1.29 is 33.4 Å². The van der Waals surface area contributed by atoms with E-state index in [9.17, 15) is 24.3 Å². The van der Waals surface area contributed by atoms with E-state index in [0.29, 0.717) is 24.0 Å². The van der Waals surface area contributed by atoms with Crippen molar-refractivity contribution in [1.82, 2.24) is 14.9 Å². The number of aromatic nitrogens is 2. The number of carbonyl (C=O) groups is 3. The van der Waals surface area contributed by atoms with Gasteiger partial charge in [-0.3, -0.25) is 14.2 Å². The smallest absolute Gasteiger partial charge is 0.353 e. The van der Waals surface area contributed by atoms with Crippen LogP contribution in [0.3, 0.4) is 0 Å². The van der Waals surface area contributed by atoms with Gasteiger partial charge in [0.25, 0.3) is 0 Å². The molecular weight excluding hydrogens is 640 g/mol. The summed E-state index contributed by atoms with van der Waals surface area (Å²) in [5, 5.41) is 13.5. The van der Waals surface area contributed by atoms with Crippen molar-refractivity contribution >= 4 is 28.8 Å². The zero-order valence-electron chi connectivity index (χ0n) is 29.8. The molecule has 0 radical (unpaired) electrons. The maximum absolute atomic E-state index is 13.5. The minimum absolute atomic E-state index is 0.0457. The molecule has 1 saturated heterocycles. The summed E-state index contributed by atoms with van der Waals surface area (Å²) >= 11 is 0. The molecule has 1 amide bonds. The molecular formula is C38H52N4O8. The summed E-state index contributed by atoms with van der Waals surface area (Å²) in [5.74, 6) is -2.04. The monoisotopic (exact) mass is 692 g/mol. The molecule has 0 bridgehead atoms. The minimum atomic E-state index is -0.994. The van der Waals surface area contributed by atoms with Gasteiger partial charge in [0.2, 0.25) is 11.6 Å². The standard InChI is InChI=1S/C38H52N4O8/c1-6-7-8-10-23-13-15-24(16-14-23)28-17-25-19-42(38(47)41-36(25)49-28)31-18-29(30(20-43)48-31)50-37(46)33(22(4)5)40-35(45)27-12-9-11-26(27)34(44)32(39)21(2)3/h13-17,19,21-22,26-27,29-33,43H,6-12,18,20,39H2,1-5H3,(H,40,45)/t26?,27?,29?,30-,31-,32?,33?/m1/s1. The van der Waals surface area contributed by atoms with Crippen molar-refractivity contribution in [2.24, 2.45) is 29.4 Å². The zero-order valence-corrected chi connectivity index (χ0v) is 29.8. The summed E-state index contributed by atoms with van der Waals surface area (Å²) < 4.78 is 19.1. The lowest BCUT2D eigenvalue weighted by molar-refractivity contribution is -0.158. The Hall–Kier alpha value is -3.87. The number of hydrogen-bond donors (Lipinski definition) is 3. The predicted molar refractivity (Wildman–Crippen MR) is 188 cm³/mol. The van der Waals surface area contributed by atoms with Crippen LogP contribution in [-0.4, -0.2) is 63.2 Å². The SMILES string of the molecule is CCCCCc1ccc(-c2cc3cn([C@H]4CC(OC(=O)C(NC(=O)C5CCCC5C(=O)C(N)C(C)C)C(C)C)[C@@H](CO)O4)c(=O)nc3o2)cc1. The third kappa shape index (κ3) is 8.35. The number of aliphatic hydroxyl groups is 1. The van der Waals surface area contributed by atoms with Crippen molar-refractivity contribution in [3.8, 4) is 11.3 Å². The number of carbonyl (C=O) groups excluding carboxylic acids is 3. The molecule has 12 nitrogen and oxygen atoms in total. The summed E-state index contributed by atoms with van der Waals surface area (Å²) in [5.41, 5.74) is 7.85. The summed E-state index contributed by atoms with van der Waals surface area (Å²) in [7, 11) is 0. The van der Waals surface area contributed by atoms with Gasteiger partial charge in [-0.15, -0.1) is 0 Å². The van der Waals surface area contributed by atoms with Gasteiger partial charge in [0, 0.05) is 30.0 Å². The number of furan rings is 1. The maximum atomic E-state index is 13.5. The molecule has 272 valence electrons. The highest BCUT2D eigenvalue weighted by atomic mass is 16.6. The van der Waals surface area contributed by atoms with Crippen molar-refractivity contribution in [2.45, 2.75) is 117 Å². The number of amides is 1. The molecule has 2 aromatic heterocycles. The van der Waals surface area contributed by atoms with Gasteiger partial charge in [-0.2, -0.15) is 4.98 Å². The number of aryl methyl sites for hydroxylation is 1. The number of nitrogens with zero attached hydrogens (tertiary/aromatic N) is 2. The number of rotatable bonds is 15. The number of esters is 1. The third-order valence-electron chi connectivity index (χ3n) is 10.2. The molecule has 3 heterocycles.